The normalized spacial score (nSPS) is 11.3. The van der Waals surface area contributed by atoms with Crippen molar-refractivity contribution < 1.29 is 4.57 Å². The van der Waals surface area contributed by atoms with Crippen molar-refractivity contribution in [2.75, 3.05) is 0 Å². The quantitative estimate of drug-likeness (QED) is 0.542. The molecule has 98 valence electrons. The van der Waals surface area contributed by atoms with Crippen LogP contribution in [0.15, 0.2) is 24.3 Å². The van der Waals surface area contributed by atoms with Gasteiger partial charge in [-0.25, -0.2) is 9.13 Å². The molecule has 0 spiro atoms. The number of hydrogen-bond acceptors (Lipinski definition) is 0. The van der Waals surface area contributed by atoms with Crippen molar-refractivity contribution in [1.29, 1.82) is 0 Å². The average molecular weight is 245 g/mol. The van der Waals surface area contributed by atoms with Crippen LogP contribution in [-0.2, 0) is 19.5 Å². The zero-order valence-corrected chi connectivity index (χ0v) is 11.9. The van der Waals surface area contributed by atoms with Crippen molar-refractivity contribution in [2.45, 2.75) is 59.5 Å². The fraction of sp³-hybridized carbons (Fsp3) is 0.562. The van der Waals surface area contributed by atoms with Crippen LogP contribution in [0.1, 0.15) is 45.9 Å². The number of nitrogens with zero attached hydrogens (tertiary/aromatic N) is 2. The lowest BCUT2D eigenvalue weighted by atomic mass is 10.2. The number of imidazole rings is 1. The minimum Gasteiger partial charge on any atom is -0.228 e. The highest BCUT2D eigenvalue weighted by atomic mass is 15.2. The Bertz CT molecular complexity index is 470. The van der Waals surface area contributed by atoms with Gasteiger partial charge in [-0.1, -0.05) is 31.9 Å². The van der Waals surface area contributed by atoms with Crippen molar-refractivity contribution in [1.82, 2.24) is 4.57 Å². The van der Waals surface area contributed by atoms with E-state index in [1.807, 2.05) is 0 Å². The molecule has 0 aliphatic carbocycles. The van der Waals surface area contributed by atoms with E-state index in [0.29, 0.717) is 0 Å². The van der Waals surface area contributed by atoms with E-state index in [1.165, 1.54) is 42.5 Å². The van der Waals surface area contributed by atoms with E-state index >= 15 is 0 Å². The van der Waals surface area contributed by atoms with E-state index in [2.05, 4.69) is 54.2 Å². The number of fused-ring (bicyclic) bond motifs is 1. The Morgan fingerprint density at radius 1 is 1.06 bits per heavy atom. The first kappa shape index (κ1) is 13.1. The Hall–Kier alpha value is -1.31. The molecule has 0 aliphatic rings. The summed E-state index contributed by atoms with van der Waals surface area (Å²) in [5.74, 6) is 1.50. The van der Waals surface area contributed by atoms with Crippen LogP contribution in [0, 0.1) is 0 Å². The topological polar surface area (TPSA) is 8.81 Å². The van der Waals surface area contributed by atoms with E-state index in [1.54, 1.807) is 0 Å². The first-order valence-corrected chi connectivity index (χ1v) is 7.33. The Kier molecular flexibility index (Phi) is 4.40. The number of aromatic nitrogens is 2. The first-order valence-electron chi connectivity index (χ1n) is 7.33. The van der Waals surface area contributed by atoms with Crippen LogP contribution in [0.4, 0.5) is 0 Å². The lowest BCUT2D eigenvalue weighted by molar-refractivity contribution is -0.676. The zero-order valence-electron chi connectivity index (χ0n) is 11.9. The minimum atomic E-state index is 1.06. The largest absolute Gasteiger partial charge is 0.257 e. The lowest BCUT2D eigenvalue weighted by Gasteiger charge is -2.02. The van der Waals surface area contributed by atoms with Crippen LogP contribution in [0.25, 0.3) is 11.0 Å². The Balaban J connectivity index is 2.47. The second kappa shape index (κ2) is 6.03. The molecule has 0 aliphatic heterocycles. The number of rotatable bonds is 6. The van der Waals surface area contributed by atoms with Crippen LogP contribution in [-0.4, -0.2) is 4.57 Å². The van der Waals surface area contributed by atoms with E-state index < -0.39 is 0 Å². The van der Waals surface area contributed by atoms with E-state index in [0.717, 1.165) is 13.1 Å². The van der Waals surface area contributed by atoms with Gasteiger partial charge < -0.3 is 0 Å². The summed E-state index contributed by atoms with van der Waals surface area (Å²) < 4.78 is 4.96. The van der Waals surface area contributed by atoms with Crippen LogP contribution < -0.4 is 4.57 Å². The third kappa shape index (κ3) is 2.29. The molecule has 0 amide bonds. The van der Waals surface area contributed by atoms with Gasteiger partial charge in [-0.15, -0.1) is 0 Å². The van der Waals surface area contributed by atoms with E-state index in [4.69, 9.17) is 0 Å². The maximum Gasteiger partial charge on any atom is 0.257 e. The Morgan fingerprint density at radius 2 is 1.83 bits per heavy atom. The number of benzene rings is 1. The van der Waals surface area contributed by atoms with Gasteiger partial charge in [0, 0.05) is 6.42 Å². The van der Waals surface area contributed by atoms with Crippen molar-refractivity contribution in [2.24, 2.45) is 0 Å². The predicted molar refractivity (Wildman–Crippen MR) is 76.7 cm³/mol. The molecule has 0 unspecified atom stereocenters. The minimum absolute atomic E-state index is 1.06. The molecule has 0 saturated carbocycles. The molecule has 2 aromatic rings. The molecule has 1 heterocycles. The van der Waals surface area contributed by atoms with Gasteiger partial charge in [0.1, 0.15) is 0 Å². The number of unbranched alkanes of at least 4 members (excludes halogenated alkanes) is 2. The number of para-hydroxylation sites is 2. The highest BCUT2D eigenvalue weighted by molar-refractivity contribution is 5.72. The molecule has 0 bridgehead atoms. The number of hydrogen-bond donors (Lipinski definition) is 0. The molecule has 1 aromatic heterocycles. The lowest BCUT2D eigenvalue weighted by Crippen LogP contribution is -2.36. The van der Waals surface area contributed by atoms with Gasteiger partial charge in [-0.3, -0.25) is 0 Å². The Morgan fingerprint density at radius 3 is 2.50 bits per heavy atom. The molecule has 1 aromatic carbocycles. The van der Waals surface area contributed by atoms with Crippen LogP contribution >= 0.6 is 0 Å². The summed E-state index contributed by atoms with van der Waals surface area (Å²) in [6.07, 6.45) is 5.12. The summed E-state index contributed by atoms with van der Waals surface area (Å²) in [6.45, 7) is 8.89. The fourth-order valence-electron chi connectivity index (χ4n) is 2.85. The molecule has 2 heteroatoms. The van der Waals surface area contributed by atoms with Gasteiger partial charge in [0.05, 0.1) is 13.1 Å². The van der Waals surface area contributed by atoms with Gasteiger partial charge in [-0.05, 0) is 32.4 Å². The van der Waals surface area contributed by atoms with Crippen LogP contribution in [0.2, 0.25) is 0 Å². The van der Waals surface area contributed by atoms with E-state index in [-0.39, 0.29) is 0 Å². The standard InChI is InChI=1S/C16H25N2/c1-4-7-8-13-16-17(5-2)14-11-9-10-12-15(14)18(16)6-3/h9-12H,4-8,13H2,1-3H3/q+1. The van der Waals surface area contributed by atoms with Crippen molar-refractivity contribution in [3.8, 4) is 0 Å². The van der Waals surface area contributed by atoms with Gasteiger partial charge in [0.25, 0.3) is 5.82 Å². The molecule has 0 N–H and O–H groups in total. The van der Waals surface area contributed by atoms with Crippen molar-refractivity contribution in [3.63, 3.8) is 0 Å². The number of aryl methyl sites for hydroxylation is 2. The molecule has 2 nitrogen and oxygen atoms in total. The maximum absolute atomic E-state index is 2.48. The van der Waals surface area contributed by atoms with Crippen molar-refractivity contribution in [3.05, 3.63) is 30.1 Å². The molecule has 0 saturated heterocycles. The van der Waals surface area contributed by atoms with E-state index in [9.17, 15) is 0 Å². The van der Waals surface area contributed by atoms with Gasteiger partial charge in [0.15, 0.2) is 11.0 Å². The van der Waals surface area contributed by atoms with Crippen LogP contribution in [0.5, 0.6) is 0 Å². The summed E-state index contributed by atoms with van der Waals surface area (Å²) in [6, 6.07) is 8.78. The summed E-state index contributed by atoms with van der Waals surface area (Å²) in [5, 5.41) is 0. The molecule has 2 rings (SSSR count). The SMILES string of the molecule is CCCCCc1n(CC)c2ccccc2[n+]1CC. The molecule has 18 heavy (non-hydrogen) atoms. The summed E-state index contributed by atoms with van der Waals surface area (Å²) in [4.78, 5) is 0. The Labute approximate surface area is 110 Å². The molecule has 0 radical (unpaired) electrons. The summed E-state index contributed by atoms with van der Waals surface area (Å²) in [7, 11) is 0. The molecule has 0 atom stereocenters. The smallest absolute Gasteiger partial charge is 0.228 e. The third-order valence-electron chi connectivity index (χ3n) is 3.72. The highest BCUT2D eigenvalue weighted by Crippen LogP contribution is 2.16. The molecular weight excluding hydrogens is 220 g/mol. The van der Waals surface area contributed by atoms with Crippen LogP contribution in [0.3, 0.4) is 0 Å². The average Bonchev–Trinajstić information content (AvgIpc) is 2.71. The van der Waals surface area contributed by atoms with Gasteiger partial charge in [0.2, 0.25) is 0 Å². The van der Waals surface area contributed by atoms with Gasteiger partial charge >= 0.3 is 0 Å². The predicted octanol–water partition coefficient (Wildman–Crippen LogP) is 3.70. The molecule has 0 fully saturated rings. The monoisotopic (exact) mass is 245 g/mol. The fourth-order valence-corrected chi connectivity index (χ4v) is 2.85. The second-order valence-electron chi connectivity index (χ2n) is 4.85. The van der Waals surface area contributed by atoms with Crippen molar-refractivity contribution >= 4 is 11.0 Å². The highest BCUT2D eigenvalue weighted by Gasteiger charge is 2.21. The zero-order chi connectivity index (χ0) is 13.0. The summed E-state index contributed by atoms with van der Waals surface area (Å²) in [5.41, 5.74) is 2.77. The molecular formula is C16H25N2+. The third-order valence-corrected chi connectivity index (χ3v) is 3.72. The first-order chi connectivity index (χ1) is 8.83. The summed E-state index contributed by atoms with van der Waals surface area (Å²) >= 11 is 0. The van der Waals surface area contributed by atoms with Gasteiger partial charge in [-0.2, -0.15) is 0 Å². The second-order valence-corrected chi connectivity index (χ2v) is 4.85. The maximum atomic E-state index is 2.48.